The van der Waals surface area contributed by atoms with Crippen LogP contribution in [-0.2, 0) is 23.0 Å². The van der Waals surface area contributed by atoms with Crippen molar-refractivity contribution < 1.29 is 13.2 Å². The van der Waals surface area contributed by atoms with Crippen molar-refractivity contribution in [2.45, 2.75) is 24.3 Å². The van der Waals surface area contributed by atoms with Crippen molar-refractivity contribution in [3.05, 3.63) is 132 Å². The van der Waals surface area contributed by atoms with Gasteiger partial charge in [0.1, 0.15) is 0 Å². The highest BCUT2D eigenvalue weighted by atomic mass is 32.2. The van der Waals surface area contributed by atoms with Gasteiger partial charge >= 0.3 is 0 Å². The third kappa shape index (κ3) is 5.42. The Morgan fingerprint density at radius 1 is 0.775 bits per heavy atom. The molecule has 6 nitrogen and oxygen atoms in total. The Morgan fingerprint density at radius 3 is 2.33 bits per heavy atom. The number of hydrogen-bond donors (Lipinski definition) is 2. The average Bonchev–Trinajstić information content (AvgIpc) is 2.98. The molecule has 0 unspecified atom stereocenters. The monoisotopic (exact) mass is 547 g/mol. The second-order valence-corrected chi connectivity index (χ2v) is 11.6. The molecule has 0 aromatic heterocycles. The standard InChI is InChI=1S/C33H29N3O3S/c37-33(27-16-14-24(15-17-27)23-36-22-6-10-26-8-2-4-13-32(26)36)34-28-18-20-29(21-19-28)40(38,39)35-31-12-5-9-25-7-1-3-11-30(25)31/h1-5,7-9,11-21,35H,6,10,22-23H2,(H,34,37). The Kier molecular flexibility index (Phi) is 6.97. The highest BCUT2D eigenvalue weighted by Gasteiger charge is 2.18. The minimum Gasteiger partial charge on any atom is -0.367 e. The minimum absolute atomic E-state index is 0.113. The van der Waals surface area contributed by atoms with Crippen molar-refractivity contribution in [1.29, 1.82) is 0 Å². The summed E-state index contributed by atoms with van der Waals surface area (Å²) in [6.07, 6.45) is 2.25. The predicted octanol–water partition coefficient (Wildman–Crippen LogP) is 6.85. The Morgan fingerprint density at radius 2 is 1.50 bits per heavy atom. The van der Waals surface area contributed by atoms with E-state index in [1.165, 1.54) is 23.4 Å². The molecule has 0 fully saturated rings. The van der Waals surface area contributed by atoms with Gasteiger partial charge in [-0.1, -0.05) is 66.7 Å². The normalized spacial score (nSPS) is 13.1. The van der Waals surface area contributed by atoms with Crippen LogP contribution >= 0.6 is 0 Å². The van der Waals surface area contributed by atoms with Gasteiger partial charge in [-0.15, -0.1) is 0 Å². The molecule has 0 aliphatic carbocycles. The van der Waals surface area contributed by atoms with E-state index in [4.69, 9.17) is 0 Å². The number of nitrogens with one attached hydrogen (secondary N) is 2. The number of sulfonamides is 1. The molecule has 0 atom stereocenters. The Hall–Kier alpha value is -4.62. The van der Waals surface area contributed by atoms with Crippen LogP contribution < -0.4 is 14.9 Å². The Bertz CT molecular complexity index is 1780. The smallest absolute Gasteiger partial charge is 0.261 e. The topological polar surface area (TPSA) is 78.5 Å². The molecule has 40 heavy (non-hydrogen) atoms. The van der Waals surface area contributed by atoms with Crippen LogP contribution in [0.25, 0.3) is 10.8 Å². The van der Waals surface area contributed by atoms with Crippen LogP contribution in [0.5, 0.6) is 0 Å². The lowest BCUT2D eigenvalue weighted by Gasteiger charge is -2.31. The van der Waals surface area contributed by atoms with Crippen molar-refractivity contribution >= 4 is 43.8 Å². The van der Waals surface area contributed by atoms with E-state index in [9.17, 15) is 13.2 Å². The zero-order valence-electron chi connectivity index (χ0n) is 21.9. The molecule has 2 N–H and O–H groups in total. The van der Waals surface area contributed by atoms with Crippen molar-refractivity contribution in [3.8, 4) is 0 Å². The number of anilines is 3. The van der Waals surface area contributed by atoms with Gasteiger partial charge < -0.3 is 10.2 Å². The highest BCUT2D eigenvalue weighted by molar-refractivity contribution is 7.92. The van der Waals surface area contributed by atoms with Gasteiger partial charge in [0, 0.05) is 35.4 Å². The van der Waals surface area contributed by atoms with Crippen LogP contribution in [0.1, 0.15) is 27.9 Å². The van der Waals surface area contributed by atoms with E-state index in [0.29, 0.717) is 16.9 Å². The first-order valence-electron chi connectivity index (χ1n) is 13.3. The molecule has 5 aromatic carbocycles. The number of carbonyl (C=O) groups is 1. The second kappa shape index (κ2) is 10.9. The molecule has 6 rings (SSSR count). The van der Waals surface area contributed by atoms with Gasteiger partial charge in [-0.3, -0.25) is 9.52 Å². The number of hydrogen-bond acceptors (Lipinski definition) is 4. The maximum atomic E-state index is 13.0. The third-order valence-corrected chi connectivity index (χ3v) is 8.63. The van der Waals surface area contributed by atoms with Gasteiger partial charge in [0.15, 0.2) is 0 Å². The third-order valence-electron chi connectivity index (χ3n) is 7.25. The van der Waals surface area contributed by atoms with Gasteiger partial charge in [-0.25, -0.2) is 8.42 Å². The molecule has 200 valence electrons. The molecule has 1 aliphatic heterocycles. The zero-order chi connectivity index (χ0) is 27.5. The van der Waals surface area contributed by atoms with E-state index in [1.807, 2.05) is 60.7 Å². The molecule has 0 saturated heterocycles. The maximum Gasteiger partial charge on any atom is 0.261 e. The first-order valence-corrected chi connectivity index (χ1v) is 14.8. The summed E-state index contributed by atoms with van der Waals surface area (Å²) in [5.41, 5.74) is 5.38. The first-order chi connectivity index (χ1) is 19.5. The van der Waals surface area contributed by atoms with E-state index in [2.05, 4.69) is 39.2 Å². The van der Waals surface area contributed by atoms with Gasteiger partial charge in [-0.2, -0.15) is 0 Å². The summed E-state index contributed by atoms with van der Waals surface area (Å²) in [6, 6.07) is 35.4. The Balaban J connectivity index is 1.10. The fraction of sp³-hybridized carbons (Fsp3) is 0.121. The molecule has 0 bridgehead atoms. The van der Waals surface area contributed by atoms with Gasteiger partial charge in [0.2, 0.25) is 0 Å². The summed E-state index contributed by atoms with van der Waals surface area (Å²) in [5, 5.41) is 4.63. The number of aryl methyl sites for hydroxylation is 1. The van der Waals surface area contributed by atoms with Crippen LogP contribution in [0.4, 0.5) is 17.1 Å². The van der Waals surface area contributed by atoms with Crippen LogP contribution in [0, 0.1) is 0 Å². The second-order valence-electron chi connectivity index (χ2n) is 9.96. The van der Waals surface area contributed by atoms with Crippen molar-refractivity contribution in [2.75, 3.05) is 21.5 Å². The van der Waals surface area contributed by atoms with E-state index in [0.717, 1.165) is 42.3 Å². The molecule has 0 spiro atoms. The lowest BCUT2D eigenvalue weighted by atomic mass is 10.0. The van der Waals surface area contributed by atoms with Crippen LogP contribution in [0.15, 0.2) is 120 Å². The average molecular weight is 548 g/mol. The van der Waals surface area contributed by atoms with Crippen LogP contribution in [0.3, 0.4) is 0 Å². The number of carbonyl (C=O) groups excluding carboxylic acids is 1. The quantitative estimate of drug-likeness (QED) is 0.234. The minimum atomic E-state index is -3.80. The SMILES string of the molecule is O=C(Nc1ccc(S(=O)(=O)Nc2cccc3ccccc23)cc1)c1ccc(CN2CCCc3ccccc32)cc1. The van der Waals surface area contributed by atoms with Crippen molar-refractivity contribution in [3.63, 3.8) is 0 Å². The molecule has 0 saturated carbocycles. The molecule has 0 radical (unpaired) electrons. The van der Waals surface area contributed by atoms with E-state index in [-0.39, 0.29) is 10.8 Å². The van der Waals surface area contributed by atoms with Crippen LogP contribution in [-0.4, -0.2) is 20.9 Å². The summed E-state index contributed by atoms with van der Waals surface area (Å²) in [6.45, 7) is 1.81. The molecule has 1 aliphatic rings. The summed E-state index contributed by atoms with van der Waals surface area (Å²) < 4.78 is 28.8. The number of para-hydroxylation sites is 1. The largest absolute Gasteiger partial charge is 0.367 e. The fourth-order valence-electron chi connectivity index (χ4n) is 5.20. The van der Waals surface area contributed by atoms with E-state index < -0.39 is 10.0 Å². The zero-order valence-corrected chi connectivity index (χ0v) is 22.7. The maximum absolute atomic E-state index is 13.0. The number of amides is 1. The first kappa shape index (κ1) is 25.6. The summed E-state index contributed by atoms with van der Waals surface area (Å²) in [7, 11) is -3.80. The Labute approximate surface area is 234 Å². The molecule has 7 heteroatoms. The molecule has 1 amide bonds. The van der Waals surface area contributed by atoms with Crippen LogP contribution in [0.2, 0.25) is 0 Å². The lowest BCUT2D eigenvalue weighted by Crippen LogP contribution is -2.28. The fourth-order valence-corrected chi connectivity index (χ4v) is 6.28. The number of benzene rings is 5. The molecule has 5 aromatic rings. The van der Waals surface area contributed by atoms with Gasteiger partial charge in [0.05, 0.1) is 10.6 Å². The summed E-state index contributed by atoms with van der Waals surface area (Å²) in [4.78, 5) is 15.4. The van der Waals surface area contributed by atoms with E-state index in [1.54, 1.807) is 18.2 Å². The van der Waals surface area contributed by atoms with Gasteiger partial charge in [0.25, 0.3) is 15.9 Å². The highest BCUT2D eigenvalue weighted by Crippen LogP contribution is 2.29. The number of rotatable bonds is 7. The van der Waals surface area contributed by atoms with Crippen molar-refractivity contribution in [1.82, 2.24) is 0 Å². The van der Waals surface area contributed by atoms with Crippen molar-refractivity contribution in [2.24, 2.45) is 0 Å². The molecular weight excluding hydrogens is 518 g/mol. The molecule has 1 heterocycles. The molecular formula is C33H29N3O3S. The lowest BCUT2D eigenvalue weighted by molar-refractivity contribution is 0.102. The van der Waals surface area contributed by atoms with Gasteiger partial charge in [-0.05, 0) is 77.9 Å². The summed E-state index contributed by atoms with van der Waals surface area (Å²) in [5.74, 6) is -0.251. The number of nitrogens with zero attached hydrogens (tertiary/aromatic N) is 1. The summed E-state index contributed by atoms with van der Waals surface area (Å²) >= 11 is 0. The predicted molar refractivity (Wildman–Crippen MR) is 161 cm³/mol. The number of fused-ring (bicyclic) bond motifs is 2. The van der Waals surface area contributed by atoms with E-state index >= 15 is 0 Å².